The van der Waals surface area contributed by atoms with Gasteiger partial charge in [0.25, 0.3) is 0 Å². The van der Waals surface area contributed by atoms with Crippen LogP contribution in [0.5, 0.6) is 0 Å². The van der Waals surface area contributed by atoms with Gasteiger partial charge < -0.3 is 5.11 Å². The van der Waals surface area contributed by atoms with Crippen LogP contribution >= 0.6 is 0 Å². The predicted molar refractivity (Wildman–Crippen MR) is 67.6 cm³/mol. The first-order valence-corrected chi connectivity index (χ1v) is 9.19. The van der Waals surface area contributed by atoms with Crippen molar-refractivity contribution in [3.05, 3.63) is 0 Å². The van der Waals surface area contributed by atoms with Gasteiger partial charge in [0, 0.05) is 6.26 Å². The molecule has 1 unspecified atom stereocenters. The summed E-state index contributed by atoms with van der Waals surface area (Å²) in [6, 6.07) is -1.40. The maximum atomic E-state index is 11.5. The van der Waals surface area contributed by atoms with Crippen LogP contribution in [0.15, 0.2) is 0 Å². The van der Waals surface area contributed by atoms with E-state index in [1.165, 1.54) is 0 Å². The molecule has 2 N–H and O–H groups in total. The van der Waals surface area contributed by atoms with E-state index >= 15 is 0 Å². The van der Waals surface area contributed by atoms with Crippen molar-refractivity contribution >= 4 is 25.8 Å². The minimum absolute atomic E-state index is 0.161. The van der Waals surface area contributed by atoms with Gasteiger partial charge in [-0.15, -0.1) is 0 Å². The minimum atomic E-state index is -3.68. The summed E-state index contributed by atoms with van der Waals surface area (Å²) in [5, 5.41) is 8.84. The Bertz CT molecular complexity index is 467. The van der Waals surface area contributed by atoms with Crippen LogP contribution in [0.2, 0.25) is 0 Å². The fraction of sp³-hybridized carbons (Fsp3) is 0.889. The molecular formula is C9H19NO6S2. The molecule has 0 aliphatic carbocycles. The van der Waals surface area contributed by atoms with Gasteiger partial charge in [-0.1, -0.05) is 13.3 Å². The SMILES string of the molecule is CCCCS(=O)(=O)NC(CCS(C)(=O)=O)C(=O)O. The molecule has 0 spiro atoms. The third-order valence-electron chi connectivity index (χ3n) is 2.16. The molecule has 0 fully saturated rings. The molecule has 0 saturated carbocycles. The Balaban J connectivity index is 4.59. The van der Waals surface area contributed by atoms with E-state index in [1.807, 2.05) is 11.6 Å². The summed E-state index contributed by atoms with van der Waals surface area (Å²) in [6.07, 6.45) is 1.78. The zero-order chi connectivity index (χ0) is 14.4. The predicted octanol–water partition coefficient (Wildman–Crippen LogP) is -0.406. The van der Waals surface area contributed by atoms with Crippen LogP contribution in [0.25, 0.3) is 0 Å². The number of nitrogens with one attached hydrogen (secondary N) is 1. The zero-order valence-corrected chi connectivity index (χ0v) is 12.1. The number of sulfonamides is 1. The molecule has 0 radical (unpaired) electrons. The third-order valence-corrected chi connectivity index (χ3v) is 4.61. The van der Waals surface area contributed by atoms with Gasteiger partial charge in [-0.25, -0.2) is 21.6 Å². The number of rotatable bonds is 9. The Hall–Kier alpha value is -0.670. The van der Waals surface area contributed by atoms with E-state index < -0.39 is 31.9 Å². The highest BCUT2D eigenvalue weighted by Gasteiger charge is 2.24. The highest BCUT2D eigenvalue weighted by Crippen LogP contribution is 2.01. The first kappa shape index (κ1) is 17.3. The molecule has 9 heteroatoms. The summed E-state index contributed by atoms with van der Waals surface area (Å²) in [7, 11) is -7.00. The topological polar surface area (TPSA) is 118 Å². The molecule has 1 atom stereocenters. The summed E-state index contributed by atoms with van der Waals surface area (Å²) < 4.78 is 46.9. The van der Waals surface area contributed by atoms with Gasteiger partial charge in [0.15, 0.2) is 0 Å². The van der Waals surface area contributed by atoms with Crippen LogP contribution in [0.4, 0.5) is 0 Å². The summed E-state index contributed by atoms with van der Waals surface area (Å²) in [6.45, 7) is 1.81. The second-order valence-corrected chi connectivity index (χ2v) is 8.23. The van der Waals surface area contributed by atoms with E-state index in [0.29, 0.717) is 12.8 Å². The number of sulfone groups is 1. The van der Waals surface area contributed by atoms with E-state index in [2.05, 4.69) is 0 Å². The number of carboxylic acids is 1. The Morgan fingerprint density at radius 2 is 1.78 bits per heavy atom. The second kappa shape index (κ2) is 7.05. The maximum Gasteiger partial charge on any atom is 0.321 e. The van der Waals surface area contributed by atoms with E-state index in [-0.39, 0.29) is 17.9 Å². The molecule has 108 valence electrons. The van der Waals surface area contributed by atoms with E-state index in [0.717, 1.165) is 6.26 Å². The Kier molecular flexibility index (Phi) is 6.79. The highest BCUT2D eigenvalue weighted by atomic mass is 32.2. The molecule has 0 saturated heterocycles. The molecule has 0 aromatic carbocycles. The van der Waals surface area contributed by atoms with Crippen LogP contribution < -0.4 is 4.72 Å². The average molecular weight is 301 g/mol. The van der Waals surface area contributed by atoms with Gasteiger partial charge in [0.05, 0.1) is 11.5 Å². The molecule has 0 amide bonds. The number of carboxylic acid groups (broad SMARTS) is 1. The van der Waals surface area contributed by atoms with Crippen molar-refractivity contribution < 1.29 is 26.7 Å². The quantitative estimate of drug-likeness (QED) is 0.598. The van der Waals surface area contributed by atoms with Crippen molar-refractivity contribution in [1.82, 2.24) is 4.72 Å². The zero-order valence-electron chi connectivity index (χ0n) is 10.4. The van der Waals surface area contributed by atoms with E-state index in [4.69, 9.17) is 5.11 Å². The van der Waals surface area contributed by atoms with Crippen molar-refractivity contribution in [1.29, 1.82) is 0 Å². The number of hydrogen-bond acceptors (Lipinski definition) is 5. The lowest BCUT2D eigenvalue weighted by Crippen LogP contribution is -2.42. The van der Waals surface area contributed by atoms with Crippen molar-refractivity contribution in [2.75, 3.05) is 17.8 Å². The Morgan fingerprint density at radius 3 is 2.17 bits per heavy atom. The van der Waals surface area contributed by atoms with Gasteiger partial charge in [0.1, 0.15) is 15.9 Å². The normalized spacial score (nSPS) is 14.3. The number of carbonyl (C=O) groups is 1. The molecule has 0 rings (SSSR count). The first-order chi connectivity index (χ1) is 8.07. The summed E-state index contributed by atoms with van der Waals surface area (Å²) in [5.41, 5.74) is 0. The van der Waals surface area contributed by atoms with Crippen LogP contribution in [-0.4, -0.2) is 51.7 Å². The summed E-state index contributed by atoms with van der Waals surface area (Å²) in [5.74, 6) is -1.91. The smallest absolute Gasteiger partial charge is 0.321 e. The molecule has 0 bridgehead atoms. The molecule has 0 heterocycles. The lowest BCUT2D eigenvalue weighted by atomic mass is 10.2. The number of unbranched alkanes of at least 4 members (excludes halogenated alkanes) is 1. The summed E-state index contributed by atoms with van der Waals surface area (Å²) in [4.78, 5) is 10.8. The molecule has 0 aliphatic heterocycles. The van der Waals surface area contributed by atoms with Crippen molar-refractivity contribution in [3.8, 4) is 0 Å². The Labute approximate surface area is 108 Å². The molecule has 0 aromatic heterocycles. The van der Waals surface area contributed by atoms with Crippen LogP contribution in [0.1, 0.15) is 26.2 Å². The lowest BCUT2D eigenvalue weighted by molar-refractivity contribution is -0.139. The van der Waals surface area contributed by atoms with E-state index in [1.54, 1.807) is 0 Å². The van der Waals surface area contributed by atoms with Gasteiger partial charge >= 0.3 is 5.97 Å². The van der Waals surface area contributed by atoms with Crippen molar-refractivity contribution in [3.63, 3.8) is 0 Å². The number of aliphatic carboxylic acids is 1. The van der Waals surface area contributed by atoms with Gasteiger partial charge in [-0.3, -0.25) is 4.79 Å². The van der Waals surface area contributed by atoms with Crippen molar-refractivity contribution in [2.24, 2.45) is 0 Å². The molecular weight excluding hydrogens is 282 g/mol. The molecule has 18 heavy (non-hydrogen) atoms. The van der Waals surface area contributed by atoms with Gasteiger partial charge in [0.2, 0.25) is 10.0 Å². The molecule has 0 aromatic rings. The van der Waals surface area contributed by atoms with Crippen LogP contribution in [0, 0.1) is 0 Å². The highest BCUT2D eigenvalue weighted by molar-refractivity contribution is 7.90. The van der Waals surface area contributed by atoms with E-state index in [9.17, 15) is 21.6 Å². The fourth-order valence-electron chi connectivity index (χ4n) is 1.17. The van der Waals surface area contributed by atoms with Gasteiger partial charge in [-0.05, 0) is 12.8 Å². The van der Waals surface area contributed by atoms with Crippen molar-refractivity contribution in [2.45, 2.75) is 32.2 Å². The fourth-order valence-corrected chi connectivity index (χ4v) is 3.28. The molecule has 0 aliphatic rings. The monoisotopic (exact) mass is 301 g/mol. The Morgan fingerprint density at radius 1 is 1.22 bits per heavy atom. The second-order valence-electron chi connectivity index (χ2n) is 4.10. The molecule has 7 nitrogen and oxygen atoms in total. The van der Waals surface area contributed by atoms with Crippen LogP contribution in [-0.2, 0) is 24.7 Å². The lowest BCUT2D eigenvalue weighted by Gasteiger charge is -2.14. The summed E-state index contributed by atoms with van der Waals surface area (Å²) >= 11 is 0. The number of hydrogen-bond donors (Lipinski definition) is 2. The standard InChI is InChI=1S/C9H19NO6S2/c1-3-4-6-18(15,16)10-8(9(11)12)5-7-17(2,13)14/h8,10H,3-7H2,1-2H3,(H,11,12). The minimum Gasteiger partial charge on any atom is -0.480 e. The average Bonchev–Trinajstić information content (AvgIpc) is 2.19. The maximum absolute atomic E-state index is 11.5. The third kappa shape index (κ3) is 8.43. The van der Waals surface area contributed by atoms with Gasteiger partial charge in [-0.2, -0.15) is 0 Å². The largest absolute Gasteiger partial charge is 0.480 e. The van der Waals surface area contributed by atoms with Crippen LogP contribution in [0.3, 0.4) is 0 Å². The first-order valence-electron chi connectivity index (χ1n) is 5.48.